The summed E-state index contributed by atoms with van der Waals surface area (Å²) in [5, 5.41) is 2.90. The molecule has 1 atom stereocenters. The summed E-state index contributed by atoms with van der Waals surface area (Å²) in [5.41, 5.74) is 1.30. The topological polar surface area (TPSA) is 58.6 Å². The molecule has 28 heavy (non-hydrogen) atoms. The third-order valence-corrected chi connectivity index (χ3v) is 5.36. The normalized spacial score (nSPS) is 11.9. The van der Waals surface area contributed by atoms with Crippen LogP contribution in [0.15, 0.2) is 47.4 Å². The molecule has 5 nitrogen and oxygen atoms in total. The zero-order valence-electron chi connectivity index (χ0n) is 16.5. The summed E-state index contributed by atoms with van der Waals surface area (Å²) in [5.74, 6) is -0.0354. The lowest BCUT2D eigenvalue weighted by Crippen LogP contribution is -2.35. The van der Waals surface area contributed by atoms with Gasteiger partial charge in [-0.2, -0.15) is 0 Å². The zero-order valence-corrected chi connectivity index (χ0v) is 17.3. The number of carbonyl (C=O) groups is 2. The maximum atomic E-state index is 14.1. The summed E-state index contributed by atoms with van der Waals surface area (Å²) < 4.78 is 19.5. The smallest absolute Gasteiger partial charge is 0.230 e. The van der Waals surface area contributed by atoms with Gasteiger partial charge in [0.15, 0.2) is 5.78 Å². The first-order chi connectivity index (χ1) is 13.3. The fourth-order valence-corrected chi connectivity index (χ4v) is 3.50. The first-order valence-electron chi connectivity index (χ1n) is 8.82. The van der Waals surface area contributed by atoms with Crippen LogP contribution in [0.5, 0.6) is 5.75 Å². The molecule has 0 radical (unpaired) electrons. The third-order valence-electron chi connectivity index (χ3n) is 4.31. The molecule has 0 aromatic heterocycles. The van der Waals surface area contributed by atoms with Crippen molar-refractivity contribution in [2.24, 2.45) is 0 Å². The lowest BCUT2D eigenvalue weighted by molar-refractivity contribution is -0.118. The van der Waals surface area contributed by atoms with E-state index >= 15 is 0 Å². The molecule has 0 bridgehead atoms. The van der Waals surface area contributed by atoms with Crippen LogP contribution in [0.4, 0.5) is 4.39 Å². The van der Waals surface area contributed by atoms with Crippen molar-refractivity contribution >= 4 is 23.5 Å². The molecule has 1 unspecified atom stereocenters. The van der Waals surface area contributed by atoms with Gasteiger partial charge in [-0.25, -0.2) is 4.39 Å². The van der Waals surface area contributed by atoms with Crippen molar-refractivity contribution in [2.45, 2.75) is 17.9 Å². The second-order valence-electron chi connectivity index (χ2n) is 6.52. The largest absolute Gasteiger partial charge is 0.496 e. The van der Waals surface area contributed by atoms with E-state index in [1.54, 1.807) is 13.2 Å². The van der Waals surface area contributed by atoms with Crippen LogP contribution in [0.2, 0.25) is 0 Å². The number of para-hydroxylation sites is 1. The monoisotopic (exact) mass is 404 g/mol. The zero-order chi connectivity index (χ0) is 20.7. The van der Waals surface area contributed by atoms with Gasteiger partial charge in [0.05, 0.1) is 18.9 Å². The molecule has 2 rings (SSSR count). The van der Waals surface area contributed by atoms with E-state index in [-0.39, 0.29) is 23.5 Å². The predicted octanol–water partition coefficient (Wildman–Crippen LogP) is 3.55. The number of likely N-dealkylation sites (N-methyl/N-ethyl adjacent to an activating group) is 1. The summed E-state index contributed by atoms with van der Waals surface area (Å²) in [4.78, 5) is 25.9. The molecule has 150 valence electrons. The summed E-state index contributed by atoms with van der Waals surface area (Å²) in [6.45, 7) is 1.79. The van der Waals surface area contributed by atoms with Crippen LogP contribution >= 0.6 is 11.8 Å². The van der Waals surface area contributed by atoms with Crippen LogP contribution < -0.4 is 10.1 Å². The molecule has 1 amide bonds. The van der Waals surface area contributed by atoms with Gasteiger partial charge in [0, 0.05) is 22.6 Å². The molecular formula is C21H25FN2O3S. The van der Waals surface area contributed by atoms with Crippen molar-refractivity contribution < 1.29 is 18.7 Å². The summed E-state index contributed by atoms with van der Waals surface area (Å²) in [6, 6.07) is 11.9. The number of nitrogens with zero attached hydrogens (tertiary/aromatic N) is 1. The van der Waals surface area contributed by atoms with Gasteiger partial charge in [0.25, 0.3) is 0 Å². The minimum Gasteiger partial charge on any atom is -0.496 e. The minimum atomic E-state index is -0.495. The number of ketones is 1. The van der Waals surface area contributed by atoms with Crippen LogP contribution in [0.1, 0.15) is 28.9 Å². The fraction of sp³-hybridized carbons (Fsp3) is 0.333. The van der Waals surface area contributed by atoms with E-state index < -0.39 is 5.82 Å². The van der Waals surface area contributed by atoms with Gasteiger partial charge >= 0.3 is 0 Å². The Morgan fingerprint density at radius 2 is 1.93 bits per heavy atom. The summed E-state index contributed by atoms with van der Waals surface area (Å²) in [6.07, 6.45) is 0. The highest BCUT2D eigenvalue weighted by molar-refractivity contribution is 8.00. The van der Waals surface area contributed by atoms with E-state index in [9.17, 15) is 14.0 Å². The molecule has 2 aromatic carbocycles. The number of thioether (sulfide) groups is 1. The number of benzene rings is 2. The molecule has 0 spiro atoms. The molecule has 0 aliphatic rings. The summed E-state index contributed by atoms with van der Waals surface area (Å²) >= 11 is 1.10. The molecule has 0 saturated carbocycles. The molecule has 0 aliphatic carbocycles. The number of Topliss-reactive ketones (excluding diaryl/α,β-unsaturated/α-hetero) is 1. The second-order valence-corrected chi connectivity index (χ2v) is 7.53. The Balaban J connectivity index is 1.96. The van der Waals surface area contributed by atoms with Crippen LogP contribution in [0.3, 0.4) is 0 Å². The van der Waals surface area contributed by atoms with Crippen LogP contribution in [0, 0.1) is 5.82 Å². The molecule has 2 aromatic rings. The van der Waals surface area contributed by atoms with Crippen molar-refractivity contribution in [1.82, 2.24) is 10.2 Å². The average molecular weight is 405 g/mol. The first-order valence-corrected chi connectivity index (χ1v) is 9.81. The van der Waals surface area contributed by atoms with Gasteiger partial charge in [0.1, 0.15) is 11.6 Å². The highest BCUT2D eigenvalue weighted by atomic mass is 32.2. The second kappa shape index (κ2) is 10.2. The Bertz CT molecular complexity index is 842. The lowest BCUT2D eigenvalue weighted by Gasteiger charge is -2.26. The van der Waals surface area contributed by atoms with E-state index in [1.165, 1.54) is 19.1 Å². The third kappa shape index (κ3) is 5.81. The first kappa shape index (κ1) is 21.9. The highest BCUT2D eigenvalue weighted by Crippen LogP contribution is 2.27. The molecule has 1 N–H and O–H groups in total. The molecule has 7 heteroatoms. The number of halogens is 1. The Hall–Kier alpha value is -2.38. The maximum absolute atomic E-state index is 14.1. The van der Waals surface area contributed by atoms with E-state index in [0.717, 1.165) is 23.1 Å². The fourth-order valence-electron chi connectivity index (χ4n) is 2.75. The summed E-state index contributed by atoms with van der Waals surface area (Å²) in [7, 11) is 5.49. The maximum Gasteiger partial charge on any atom is 0.230 e. The number of rotatable bonds is 9. The van der Waals surface area contributed by atoms with Crippen molar-refractivity contribution in [2.75, 3.05) is 33.5 Å². The molecule has 0 aliphatic heterocycles. The van der Waals surface area contributed by atoms with Crippen molar-refractivity contribution in [3.8, 4) is 5.75 Å². The van der Waals surface area contributed by atoms with E-state index in [4.69, 9.17) is 4.74 Å². The number of hydrogen-bond donors (Lipinski definition) is 1. The molecule has 0 fully saturated rings. The Morgan fingerprint density at radius 3 is 2.54 bits per heavy atom. The van der Waals surface area contributed by atoms with Crippen LogP contribution in [-0.4, -0.2) is 50.1 Å². The SMILES string of the molecule is COc1ccccc1C(CNC(=O)CSc1ccc(C(C)=O)cc1F)N(C)C. The van der Waals surface area contributed by atoms with E-state index in [1.807, 2.05) is 43.3 Å². The van der Waals surface area contributed by atoms with Gasteiger partial charge in [-0.3, -0.25) is 9.59 Å². The van der Waals surface area contributed by atoms with Crippen LogP contribution in [-0.2, 0) is 4.79 Å². The van der Waals surface area contributed by atoms with Gasteiger partial charge < -0.3 is 15.0 Å². The van der Waals surface area contributed by atoms with Crippen LogP contribution in [0.25, 0.3) is 0 Å². The number of nitrogens with one attached hydrogen (secondary N) is 1. The van der Waals surface area contributed by atoms with Gasteiger partial charge in [-0.15, -0.1) is 11.8 Å². The van der Waals surface area contributed by atoms with Gasteiger partial charge in [0.2, 0.25) is 5.91 Å². The highest BCUT2D eigenvalue weighted by Gasteiger charge is 2.19. The number of carbonyl (C=O) groups excluding carboxylic acids is 2. The average Bonchev–Trinajstić information content (AvgIpc) is 2.67. The predicted molar refractivity (Wildman–Crippen MR) is 110 cm³/mol. The lowest BCUT2D eigenvalue weighted by atomic mass is 10.0. The van der Waals surface area contributed by atoms with Gasteiger partial charge in [-0.05, 0) is 39.2 Å². The Kier molecular flexibility index (Phi) is 8.02. The number of amides is 1. The van der Waals surface area contributed by atoms with E-state index in [2.05, 4.69) is 5.32 Å². The van der Waals surface area contributed by atoms with Crippen molar-refractivity contribution in [3.05, 3.63) is 59.4 Å². The van der Waals surface area contributed by atoms with Crippen molar-refractivity contribution in [3.63, 3.8) is 0 Å². The Morgan fingerprint density at radius 1 is 1.21 bits per heavy atom. The molecule has 0 heterocycles. The minimum absolute atomic E-state index is 0.0586. The standard InChI is InChI=1S/C21H25FN2O3S/c1-14(25)15-9-10-20(17(22)11-15)28-13-21(26)23-12-18(24(2)3)16-7-5-6-8-19(16)27-4/h5-11,18H,12-13H2,1-4H3,(H,23,26). The van der Waals surface area contributed by atoms with Crippen molar-refractivity contribution in [1.29, 1.82) is 0 Å². The van der Waals surface area contributed by atoms with E-state index in [0.29, 0.717) is 17.0 Å². The van der Waals surface area contributed by atoms with Gasteiger partial charge in [-0.1, -0.05) is 24.3 Å². The number of hydrogen-bond acceptors (Lipinski definition) is 5. The Labute approximate surface area is 169 Å². The number of methoxy groups -OCH3 is 1. The molecular weight excluding hydrogens is 379 g/mol. The quantitative estimate of drug-likeness (QED) is 0.512. The molecule has 0 saturated heterocycles. The number of ether oxygens (including phenoxy) is 1.